The summed E-state index contributed by atoms with van der Waals surface area (Å²) in [5, 5.41) is 0. The summed E-state index contributed by atoms with van der Waals surface area (Å²) in [5.74, 6) is -3.48. The second kappa shape index (κ2) is 10.4. The van der Waals surface area contributed by atoms with Gasteiger partial charge in [0.1, 0.15) is 23.3 Å². The number of hydrogen-bond donors (Lipinski definition) is 0. The zero-order valence-electron chi connectivity index (χ0n) is 15.6. The van der Waals surface area contributed by atoms with Crippen LogP contribution in [0.2, 0.25) is 0 Å². The van der Waals surface area contributed by atoms with Crippen LogP contribution in [-0.4, -0.2) is 43.7 Å². The number of Topliss-reactive ketones (excluding diaryl/α,β-unsaturated/α-hetero) is 1. The molecule has 0 unspecified atom stereocenters. The third-order valence-electron chi connectivity index (χ3n) is 3.91. The minimum atomic E-state index is -1.73. The van der Waals surface area contributed by atoms with Gasteiger partial charge in [-0.1, -0.05) is 0 Å². The van der Waals surface area contributed by atoms with E-state index in [1.807, 2.05) is 0 Å². The van der Waals surface area contributed by atoms with E-state index in [0.29, 0.717) is 5.56 Å². The van der Waals surface area contributed by atoms with Gasteiger partial charge in [-0.15, -0.1) is 23.2 Å². The second-order valence-electron chi connectivity index (χ2n) is 5.62. The lowest BCUT2D eigenvalue weighted by molar-refractivity contribution is -0.176. The molecule has 2 aromatic carbocycles. The molecule has 7 nitrogen and oxygen atoms in total. The molecule has 0 spiro atoms. The number of hydrogen-bond acceptors (Lipinski definition) is 7. The molecule has 0 aliphatic heterocycles. The molecule has 0 saturated carbocycles. The Labute approximate surface area is 177 Å². The van der Waals surface area contributed by atoms with E-state index in [1.54, 1.807) is 12.1 Å². The Bertz CT molecular complexity index is 859. The standard InChI is InChI=1S/C20H18Cl2O7/c1-26-20(27-2,14-5-9-16(10-6-14)29-18(24)12-22)19(25)13-3-7-15(8-4-13)28-17(23)11-21/h3-10H,11-12H2,1-2H3. The predicted molar refractivity (Wildman–Crippen MR) is 106 cm³/mol. The first-order chi connectivity index (χ1) is 13.9. The lowest BCUT2D eigenvalue weighted by Gasteiger charge is -2.29. The maximum Gasteiger partial charge on any atom is 0.326 e. The lowest BCUT2D eigenvalue weighted by Crippen LogP contribution is -2.40. The number of benzene rings is 2. The van der Waals surface area contributed by atoms with Crippen molar-refractivity contribution in [3.05, 3.63) is 59.7 Å². The van der Waals surface area contributed by atoms with Gasteiger partial charge in [0.2, 0.25) is 5.78 Å². The van der Waals surface area contributed by atoms with Gasteiger partial charge in [0.15, 0.2) is 0 Å². The van der Waals surface area contributed by atoms with Crippen LogP contribution >= 0.6 is 23.2 Å². The van der Waals surface area contributed by atoms with Crippen LogP contribution in [0.3, 0.4) is 0 Å². The summed E-state index contributed by atoms with van der Waals surface area (Å²) in [6.45, 7) is 0. The van der Waals surface area contributed by atoms with Crippen LogP contribution in [0.15, 0.2) is 48.5 Å². The molecule has 0 amide bonds. The van der Waals surface area contributed by atoms with E-state index in [1.165, 1.54) is 50.6 Å². The quantitative estimate of drug-likeness (QED) is 0.194. The fourth-order valence-electron chi connectivity index (χ4n) is 2.56. The van der Waals surface area contributed by atoms with Gasteiger partial charge in [-0.2, -0.15) is 0 Å². The Balaban J connectivity index is 2.30. The van der Waals surface area contributed by atoms with E-state index in [2.05, 4.69) is 0 Å². The molecule has 0 N–H and O–H groups in total. The lowest BCUT2D eigenvalue weighted by atomic mass is 9.95. The number of rotatable bonds is 9. The van der Waals surface area contributed by atoms with Gasteiger partial charge in [0.25, 0.3) is 5.79 Å². The molecule has 0 atom stereocenters. The van der Waals surface area contributed by atoms with Gasteiger partial charge in [0, 0.05) is 25.3 Å². The van der Waals surface area contributed by atoms with Crippen molar-refractivity contribution >= 4 is 40.9 Å². The van der Waals surface area contributed by atoms with Gasteiger partial charge in [-0.25, -0.2) is 0 Å². The molecule has 0 aromatic heterocycles. The third kappa shape index (κ3) is 5.33. The maximum atomic E-state index is 13.1. The third-order valence-corrected chi connectivity index (χ3v) is 4.34. The van der Waals surface area contributed by atoms with Crippen molar-refractivity contribution in [2.45, 2.75) is 5.79 Å². The fourth-order valence-corrected chi connectivity index (χ4v) is 2.67. The summed E-state index contributed by atoms with van der Waals surface area (Å²) in [7, 11) is 2.67. The highest BCUT2D eigenvalue weighted by atomic mass is 35.5. The predicted octanol–water partition coefficient (Wildman–Crippen LogP) is 3.30. The van der Waals surface area contributed by atoms with Crippen molar-refractivity contribution in [3.8, 4) is 11.5 Å². The number of alkyl halides is 2. The summed E-state index contributed by atoms with van der Waals surface area (Å²) in [5.41, 5.74) is 0.646. The molecule has 0 fully saturated rings. The number of ether oxygens (including phenoxy) is 4. The number of esters is 2. The number of carbonyl (C=O) groups is 3. The molecule has 154 valence electrons. The molecule has 0 saturated heterocycles. The summed E-state index contributed by atoms with van der Waals surface area (Å²) < 4.78 is 20.9. The van der Waals surface area contributed by atoms with Crippen LogP contribution in [0.4, 0.5) is 0 Å². The summed E-state index contributed by atoms with van der Waals surface area (Å²) >= 11 is 10.8. The molecule has 0 aliphatic carbocycles. The van der Waals surface area contributed by atoms with Crippen LogP contribution in [0, 0.1) is 0 Å². The largest absolute Gasteiger partial charge is 0.426 e. The average molecular weight is 441 g/mol. The maximum absolute atomic E-state index is 13.1. The van der Waals surface area contributed by atoms with E-state index in [-0.39, 0.29) is 28.8 Å². The van der Waals surface area contributed by atoms with Crippen molar-refractivity contribution in [1.29, 1.82) is 0 Å². The molecule has 0 bridgehead atoms. The van der Waals surface area contributed by atoms with Gasteiger partial charge in [0.05, 0.1) is 0 Å². The number of methoxy groups -OCH3 is 2. The first-order valence-corrected chi connectivity index (χ1v) is 9.36. The Kier molecular flexibility index (Phi) is 8.16. The number of ketones is 1. The van der Waals surface area contributed by atoms with Crippen LogP contribution in [0.1, 0.15) is 15.9 Å². The summed E-state index contributed by atoms with van der Waals surface area (Å²) in [4.78, 5) is 35.7. The topological polar surface area (TPSA) is 88.1 Å². The van der Waals surface area contributed by atoms with Crippen molar-refractivity contribution in [1.82, 2.24) is 0 Å². The molecule has 0 heterocycles. The molecule has 9 heteroatoms. The molecule has 0 aliphatic rings. The van der Waals surface area contributed by atoms with E-state index >= 15 is 0 Å². The van der Waals surface area contributed by atoms with Crippen molar-refractivity contribution in [2.75, 3.05) is 26.0 Å². The molecule has 29 heavy (non-hydrogen) atoms. The van der Waals surface area contributed by atoms with Crippen LogP contribution in [0.25, 0.3) is 0 Å². The van der Waals surface area contributed by atoms with Gasteiger partial charge in [-0.05, 0) is 48.5 Å². The number of halogens is 2. The smallest absolute Gasteiger partial charge is 0.326 e. The summed E-state index contributed by atoms with van der Waals surface area (Å²) in [6.07, 6.45) is 0. The Morgan fingerprint density at radius 1 is 0.759 bits per heavy atom. The van der Waals surface area contributed by atoms with E-state index < -0.39 is 23.5 Å². The van der Waals surface area contributed by atoms with Gasteiger partial charge >= 0.3 is 11.9 Å². The molecule has 2 rings (SSSR count). The Morgan fingerprint density at radius 3 is 1.55 bits per heavy atom. The van der Waals surface area contributed by atoms with Crippen LogP contribution in [0.5, 0.6) is 11.5 Å². The molecule has 2 aromatic rings. The van der Waals surface area contributed by atoms with Crippen LogP contribution < -0.4 is 9.47 Å². The van der Waals surface area contributed by atoms with Crippen molar-refractivity contribution in [2.24, 2.45) is 0 Å². The first-order valence-electron chi connectivity index (χ1n) is 8.29. The van der Waals surface area contributed by atoms with Crippen molar-refractivity contribution < 1.29 is 33.3 Å². The highest BCUT2D eigenvalue weighted by molar-refractivity contribution is 6.26. The molecular formula is C20H18Cl2O7. The summed E-state index contributed by atoms with van der Waals surface area (Å²) in [6, 6.07) is 11.9. The van der Waals surface area contributed by atoms with Crippen LogP contribution in [-0.2, 0) is 24.8 Å². The second-order valence-corrected chi connectivity index (χ2v) is 6.15. The zero-order chi connectivity index (χ0) is 21.4. The van der Waals surface area contributed by atoms with E-state index in [4.69, 9.17) is 42.1 Å². The SMILES string of the molecule is COC(OC)(C(=O)c1ccc(OC(=O)CCl)cc1)c1ccc(OC(=O)CCl)cc1. The fraction of sp³-hybridized carbons (Fsp3) is 0.250. The van der Waals surface area contributed by atoms with Crippen molar-refractivity contribution in [3.63, 3.8) is 0 Å². The minimum Gasteiger partial charge on any atom is -0.426 e. The Hall–Kier alpha value is -2.45. The Morgan fingerprint density at radius 2 is 1.17 bits per heavy atom. The monoisotopic (exact) mass is 440 g/mol. The van der Waals surface area contributed by atoms with Gasteiger partial charge in [-0.3, -0.25) is 14.4 Å². The van der Waals surface area contributed by atoms with Gasteiger partial charge < -0.3 is 18.9 Å². The normalized spacial score (nSPS) is 11.0. The zero-order valence-corrected chi connectivity index (χ0v) is 17.2. The highest BCUT2D eigenvalue weighted by Gasteiger charge is 2.41. The van der Waals surface area contributed by atoms with E-state index in [0.717, 1.165) is 0 Å². The molecular weight excluding hydrogens is 423 g/mol. The minimum absolute atomic E-state index is 0.248. The highest BCUT2D eigenvalue weighted by Crippen LogP contribution is 2.32. The van der Waals surface area contributed by atoms with E-state index in [9.17, 15) is 14.4 Å². The number of carbonyl (C=O) groups excluding carboxylic acids is 3. The average Bonchev–Trinajstić information content (AvgIpc) is 2.76. The molecule has 0 radical (unpaired) electrons. The first kappa shape index (κ1) is 22.8.